The predicted molar refractivity (Wildman–Crippen MR) is 101 cm³/mol. The van der Waals surface area contributed by atoms with E-state index in [0.29, 0.717) is 18.7 Å². The van der Waals surface area contributed by atoms with Gasteiger partial charge < -0.3 is 9.64 Å². The largest absolute Gasteiger partial charge is 0.380 e. The molecule has 3 aromatic rings. The van der Waals surface area contributed by atoms with Gasteiger partial charge in [0.15, 0.2) is 0 Å². The molecule has 134 valence electrons. The van der Waals surface area contributed by atoms with Crippen LogP contribution in [0.3, 0.4) is 0 Å². The lowest BCUT2D eigenvalue weighted by Gasteiger charge is -2.16. The third kappa shape index (κ3) is 4.58. The Morgan fingerprint density at radius 1 is 1.04 bits per heavy atom. The van der Waals surface area contributed by atoms with Crippen LogP contribution in [0.25, 0.3) is 0 Å². The van der Waals surface area contributed by atoms with Crippen LogP contribution >= 0.6 is 0 Å². The molecule has 5 heteroatoms. The number of ether oxygens (including phenoxy) is 1. The van der Waals surface area contributed by atoms with Crippen LogP contribution in [0.1, 0.15) is 27.0 Å². The fourth-order valence-corrected chi connectivity index (χ4v) is 2.82. The molecule has 0 saturated heterocycles. The van der Waals surface area contributed by atoms with E-state index in [1.165, 1.54) is 5.56 Å². The number of methoxy groups -OCH3 is 1. The first-order valence-corrected chi connectivity index (χ1v) is 8.54. The van der Waals surface area contributed by atoms with E-state index in [0.717, 1.165) is 17.7 Å². The van der Waals surface area contributed by atoms with E-state index >= 15 is 0 Å². The van der Waals surface area contributed by atoms with Crippen molar-refractivity contribution >= 4 is 5.91 Å². The van der Waals surface area contributed by atoms with Gasteiger partial charge in [-0.3, -0.25) is 9.48 Å². The third-order valence-electron chi connectivity index (χ3n) is 4.15. The summed E-state index contributed by atoms with van der Waals surface area (Å²) in [7, 11) is 3.46. The van der Waals surface area contributed by atoms with Gasteiger partial charge in [0.05, 0.1) is 19.3 Å². The van der Waals surface area contributed by atoms with Crippen LogP contribution < -0.4 is 0 Å². The molecule has 0 bridgehead atoms. The van der Waals surface area contributed by atoms with E-state index in [9.17, 15) is 4.79 Å². The summed E-state index contributed by atoms with van der Waals surface area (Å²) in [5.74, 6) is -0.00947. The Hall–Kier alpha value is -2.92. The lowest BCUT2D eigenvalue weighted by atomic mass is 10.1. The molecule has 0 aliphatic carbocycles. The Balaban J connectivity index is 1.60. The van der Waals surface area contributed by atoms with Gasteiger partial charge in [-0.2, -0.15) is 5.10 Å². The summed E-state index contributed by atoms with van der Waals surface area (Å²) >= 11 is 0. The van der Waals surface area contributed by atoms with E-state index in [-0.39, 0.29) is 5.91 Å². The second-order valence-corrected chi connectivity index (χ2v) is 6.32. The van der Waals surface area contributed by atoms with Crippen molar-refractivity contribution in [2.75, 3.05) is 14.2 Å². The van der Waals surface area contributed by atoms with E-state index in [2.05, 4.69) is 17.2 Å². The molecule has 0 aliphatic rings. The van der Waals surface area contributed by atoms with Crippen molar-refractivity contribution in [3.8, 4) is 0 Å². The SMILES string of the molecule is COCc1ccc(C(=O)N(C)Cc2cnn(Cc3ccccc3)c2)cc1. The Morgan fingerprint density at radius 3 is 2.46 bits per heavy atom. The highest BCUT2D eigenvalue weighted by Crippen LogP contribution is 2.11. The zero-order valence-electron chi connectivity index (χ0n) is 15.1. The molecule has 0 fully saturated rings. The maximum Gasteiger partial charge on any atom is 0.253 e. The number of hydrogen-bond acceptors (Lipinski definition) is 3. The molecule has 0 unspecified atom stereocenters. The molecular weight excluding hydrogens is 326 g/mol. The lowest BCUT2D eigenvalue weighted by molar-refractivity contribution is 0.0785. The minimum absolute atomic E-state index is 0.00947. The number of rotatable bonds is 7. The highest BCUT2D eigenvalue weighted by Gasteiger charge is 2.13. The summed E-state index contributed by atoms with van der Waals surface area (Å²) in [6.07, 6.45) is 3.80. The van der Waals surface area contributed by atoms with Crippen molar-refractivity contribution in [1.29, 1.82) is 0 Å². The van der Waals surface area contributed by atoms with Crippen LogP contribution in [-0.2, 0) is 24.4 Å². The van der Waals surface area contributed by atoms with Gasteiger partial charge in [-0.05, 0) is 23.3 Å². The quantitative estimate of drug-likeness (QED) is 0.657. The van der Waals surface area contributed by atoms with E-state index in [4.69, 9.17) is 4.74 Å². The van der Waals surface area contributed by atoms with Crippen molar-refractivity contribution in [1.82, 2.24) is 14.7 Å². The van der Waals surface area contributed by atoms with Crippen LogP contribution in [-0.4, -0.2) is 34.7 Å². The zero-order chi connectivity index (χ0) is 18.4. The number of benzene rings is 2. The molecule has 5 nitrogen and oxygen atoms in total. The van der Waals surface area contributed by atoms with Gasteiger partial charge in [-0.25, -0.2) is 0 Å². The monoisotopic (exact) mass is 349 g/mol. The van der Waals surface area contributed by atoms with Crippen molar-refractivity contribution in [2.24, 2.45) is 0 Å². The van der Waals surface area contributed by atoms with Gasteiger partial charge in [0.25, 0.3) is 5.91 Å². The second kappa shape index (κ2) is 8.45. The first kappa shape index (κ1) is 17.9. The van der Waals surface area contributed by atoms with Crippen LogP contribution in [0.5, 0.6) is 0 Å². The third-order valence-corrected chi connectivity index (χ3v) is 4.15. The van der Waals surface area contributed by atoms with Crippen LogP contribution in [0.2, 0.25) is 0 Å². The Morgan fingerprint density at radius 2 is 1.77 bits per heavy atom. The smallest absolute Gasteiger partial charge is 0.253 e. The normalized spacial score (nSPS) is 10.7. The zero-order valence-corrected chi connectivity index (χ0v) is 15.1. The van der Waals surface area contributed by atoms with Crippen molar-refractivity contribution < 1.29 is 9.53 Å². The maximum absolute atomic E-state index is 12.6. The minimum atomic E-state index is -0.00947. The summed E-state index contributed by atoms with van der Waals surface area (Å²) in [5.41, 5.74) is 3.92. The van der Waals surface area contributed by atoms with E-state index in [1.807, 2.05) is 59.5 Å². The van der Waals surface area contributed by atoms with Crippen LogP contribution in [0.15, 0.2) is 67.0 Å². The number of nitrogens with zero attached hydrogens (tertiary/aromatic N) is 3. The Bertz CT molecular complexity index is 841. The molecule has 1 amide bonds. The van der Waals surface area contributed by atoms with Crippen molar-refractivity contribution in [3.05, 3.63) is 89.2 Å². The Labute approximate surface area is 153 Å². The summed E-state index contributed by atoms with van der Waals surface area (Å²) in [6, 6.07) is 17.7. The molecule has 0 radical (unpaired) electrons. The molecule has 0 aliphatic heterocycles. The van der Waals surface area contributed by atoms with Crippen molar-refractivity contribution in [2.45, 2.75) is 19.7 Å². The Kier molecular flexibility index (Phi) is 5.81. The molecule has 1 aromatic heterocycles. The molecule has 0 N–H and O–H groups in total. The fraction of sp³-hybridized carbons (Fsp3) is 0.238. The summed E-state index contributed by atoms with van der Waals surface area (Å²) < 4.78 is 6.99. The topological polar surface area (TPSA) is 47.4 Å². The van der Waals surface area contributed by atoms with E-state index in [1.54, 1.807) is 19.1 Å². The number of hydrogen-bond donors (Lipinski definition) is 0. The average Bonchev–Trinajstić information content (AvgIpc) is 3.09. The summed E-state index contributed by atoms with van der Waals surface area (Å²) in [6.45, 7) is 1.79. The van der Waals surface area contributed by atoms with Gasteiger partial charge in [-0.15, -0.1) is 0 Å². The minimum Gasteiger partial charge on any atom is -0.380 e. The summed E-state index contributed by atoms with van der Waals surface area (Å²) in [4.78, 5) is 14.3. The van der Waals surface area contributed by atoms with Gasteiger partial charge in [0.1, 0.15) is 0 Å². The van der Waals surface area contributed by atoms with Crippen molar-refractivity contribution in [3.63, 3.8) is 0 Å². The second-order valence-electron chi connectivity index (χ2n) is 6.32. The molecule has 0 saturated carbocycles. The molecule has 2 aromatic carbocycles. The highest BCUT2D eigenvalue weighted by atomic mass is 16.5. The van der Waals surface area contributed by atoms with E-state index < -0.39 is 0 Å². The molecule has 26 heavy (non-hydrogen) atoms. The first-order chi connectivity index (χ1) is 12.7. The van der Waals surface area contributed by atoms with Gasteiger partial charge in [-0.1, -0.05) is 42.5 Å². The first-order valence-electron chi connectivity index (χ1n) is 8.54. The standard InChI is InChI=1S/C21H23N3O2/c1-23(21(25)20-10-8-18(9-11-20)16-26-2)13-19-12-22-24(15-19)14-17-6-4-3-5-7-17/h3-12,15H,13-14,16H2,1-2H3. The number of aromatic nitrogens is 2. The summed E-state index contributed by atoms with van der Waals surface area (Å²) in [5, 5.41) is 4.39. The van der Waals surface area contributed by atoms with Gasteiger partial charge in [0, 0.05) is 38.0 Å². The molecule has 0 atom stereocenters. The maximum atomic E-state index is 12.6. The van der Waals surface area contributed by atoms with Crippen LogP contribution in [0.4, 0.5) is 0 Å². The molecule has 1 heterocycles. The van der Waals surface area contributed by atoms with Gasteiger partial charge >= 0.3 is 0 Å². The average molecular weight is 349 g/mol. The lowest BCUT2D eigenvalue weighted by Crippen LogP contribution is -2.26. The number of carbonyl (C=O) groups excluding carboxylic acids is 1. The number of carbonyl (C=O) groups is 1. The molecular formula is C21H23N3O2. The molecule has 3 rings (SSSR count). The van der Waals surface area contributed by atoms with Crippen LogP contribution in [0, 0.1) is 0 Å². The molecule has 0 spiro atoms. The predicted octanol–water partition coefficient (Wildman–Crippen LogP) is 3.35. The highest BCUT2D eigenvalue weighted by molar-refractivity contribution is 5.94. The van der Waals surface area contributed by atoms with Gasteiger partial charge in [0.2, 0.25) is 0 Å². The fourth-order valence-electron chi connectivity index (χ4n) is 2.82. The number of amides is 1.